The molecule has 0 fully saturated rings. The first-order chi connectivity index (χ1) is 14.9. The van der Waals surface area contributed by atoms with E-state index in [2.05, 4.69) is 0 Å². The van der Waals surface area contributed by atoms with Crippen LogP contribution in [0.25, 0.3) is 16.7 Å². The van der Waals surface area contributed by atoms with E-state index in [0.717, 1.165) is 24.0 Å². The van der Waals surface area contributed by atoms with Gasteiger partial charge in [0.25, 0.3) is 0 Å². The molecule has 1 aliphatic carbocycles. The largest absolute Gasteiger partial charge is 0.494 e. The average molecular weight is 426 g/mol. The molecule has 0 atom stereocenters. The van der Waals surface area contributed by atoms with Gasteiger partial charge in [0.05, 0.1) is 7.11 Å². The van der Waals surface area contributed by atoms with Crippen LogP contribution in [0.4, 0.5) is 17.6 Å². The Balaban J connectivity index is 1.68. The minimum Gasteiger partial charge on any atom is -0.494 e. The van der Waals surface area contributed by atoms with Crippen molar-refractivity contribution in [3.05, 3.63) is 94.1 Å². The van der Waals surface area contributed by atoms with Gasteiger partial charge in [0, 0.05) is 16.7 Å². The van der Waals surface area contributed by atoms with Gasteiger partial charge in [0.2, 0.25) is 5.82 Å². The lowest BCUT2D eigenvalue weighted by Crippen LogP contribution is -2.08. The van der Waals surface area contributed by atoms with Gasteiger partial charge in [-0.05, 0) is 59.7 Å². The molecule has 3 aromatic carbocycles. The molecule has 0 spiro atoms. The fourth-order valence-corrected chi connectivity index (χ4v) is 4.12. The highest BCUT2D eigenvalue weighted by Gasteiger charge is 2.23. The van der Waals surface area contributed by atoms with E-state index in [1.54, 1.807) is 24.3 Å². The molecule has 5 heteroatoms. The Morgan fingerprint density at radius 2 is 1.55 bits per heavy atom. The lowest BCUT2D eigenvalue weighted by Gasteiger charge is -2.20. The van der Waals surface area contributed by atoms with Crippen molar-refractivity contribution in [3.8, 4) is 16.9 Å². The van der Waals surface area contributed by atoms with Crippen molar-refractivity contribution in [2.45, 2.75) is 32.6 Å². The summed E-state index contributed by atoms with van der Waals surface area (Å²) in [6.45, 7) is 2.04. The molecule has 31 heavy (non-hydrogen) atoms. The topological polar surface area (TPSA) is 9.23 Å². The Bertz CT molecular complexity index is 1180. The maximum Gasteiger partial charge on any atom is 0.201 e. The number of benzene rings is 3. The molecule has 0 heterocycles. The summed E-state index contributed by atoms with van der Waals surface area (Å²) < 4.78 is 63.3. The highest BCUT2D eigenvalue weighted by Crippen LogP contribution is 2.37. The maximum absolute atomic E-state index is 15.3. The monoisotopic (exact) mass is 426 g/mol. The molecule has 0 saturated heterocycles. The summed E-state index contributed by atoms with van der Waals surface area (Å²) in [5.41, 5.74) is 3.21. The molecule has 4 rings (SSSR count). The zero-order valence-corrected chi connectivity index (χ0v) is 17.4. The Labute approximate surface area is 179 Å². The fourth-order valence-electron chi connectivity index (χ4n) is 4.12. The molecule has 0 bridgehead atoms. The van der Waals surface area contributed by atoms with Crippen LogP contribution in [0.3, 0.4) is 0 Å². The zero-order chi connectivity index (χ0) is 22.1. The Hall–Kier alpha value is -3.08. The second-order valence-corrected chi connectivity index (χ2v) is 7.68. The van der Waals surface area contributed by atoms with E-state index in [1.165, 1.54) is 25.3 Å². The zero-order valence-electron chi connectivity index (χ0n) is 17.4. The molecular weight excluding hydrogens is 404 g/mol. The first kappa shape index (κ1) is 21.2. The second-order valence-electron chi connectivity index (χ2n) is 7.68. The number of halogens is 4. The Morgan fingerprint density at radius 3 is 2.26 bits per heavy atom. The lowest BCUT2D eigenvalue weighted by molar-refractivity contribution is 0.372. The normalized spacial score (nSPS) is 13.0. The van der Waals surface area contributed by atoms with Gasteiger partial charge < -0.3 is 4.74 Å². The summed E-state index contributed by atoms with van der Waals surface area (Å²) in [4.78, 5) is 0. The number of allylic oxidation sites excluding steroid dienone is 2. The van der Waals surface area contributed by atoms with Gasteiger partial charge in [-0.1, -0.05) is 43.7 Å². The van der Waals surface area contributed by atoms with Crippen LogP contribution < -0.4 is 4.74 Å². The summed E-state index contributed by atoms with van der Waals surface area (Å²) >= 11 is 0. The van der Waals surface area contributed by atoms with Crippen LogP contribution in [-0.4, -0.2) is 7.11 Å². The van der Waals surface area contributed by atoms with E-state index >= 15 is 4.39 Å². The van der Waals surface area contributed by atoms with Crippen LogP contribution in [0.5, 0.6) is 5.75 Å². The standard InChI is InChI=1S/C26H22F4O/c1-3-4-15-5-8-18(22(27)13-15)16-6-9-19-17(14-16)7-10-20(24(19)28)21-11-12-23(31-2)26(30)25(21)29/h5-8,10-13H,3-4,9,14H2,1-2H3. The molecule has 0 aromatic heterocycles. The predicted octanol–water partition coefficient (Wildman–Crippen LogP) is 7.05. The van der Waals surface area contributed by atoms with E-state index in [-0.39, 0.29) is 29.1 Å². The van der Waals surface area contributed by atoms with Crippen LogP contribution in [-0.2, 0) is 19.3 Å². The summed E-state index contributed by atoms with van der Waals surface area (Å²) in [5.74, 6) is -3.41. The average Bonchev–Trinajstić information content (AvgIpc) is 2.76. The van der Waals surface area contributed by atoms with Crippen LogP contribution in [0.1, 0.15) is 35.6 Å². The van der Waals surface area contributed by atoms with Gasteiger partial charge >= 0.3 is 0 Å². The molecule has 0 N–H and O–H groups in total. The number of rotatable bonds is 5. The van der Waals surface area contributed by atoms with E-state index in [1.807, 2.05) is 13.0 Å². The number of methoxy groups -OCH3 is 1. The molecule has 0 unspecified atom stereocenters. The Kier molecular flexibility index (Phi) is 5.86. The predicted molar refractivity (Wildman–Crippen MR) is 114 cm³/mol. The SMILES string of the molecule is CCCc1ccc(C2=CCc3c(ccc(-c4ccc(OC)c(F)c4F)c3F)C2)c(F)c1. The number of aryl methyl sites for hydroxylation is 1. The first-order valence-electron chi connectivity index (χ1n) is 10.2. The van der Waals surface area contributed by atoms with Crippen molar-refractivity contribution < 1.29 is 22.3 Å². The van der Waals surface area contributed by atoms with Crippen LogP contribution in [0.15, 0.2) is 48.5 Å². The van der Waals surface area contributed by atoms with Gasteiger partial charge in [-0.2, -0.15) is 4.39 Å². The molecule has 0 saturated carbocycles. The van der Waals surface area contributed by atoms with Crippen molar-refractivity contribution in [1.82, 2.24) is 0 Å². The van der Waals surface area contributed by atoms with E-state index in [0.29, 0.717) is 23.1 Å². The molecule has 1 aliphatic rings. The first-order valence-corrected chi connectivity index (χ1v) is 10.2. The highest BCUT2D eigenvalue weighted by molar-refractivity contribution is 5.74. The van der Waals surface area contributed by atoms with E-state index in [9.17, 15) is 13.2 Å². The van der Waals surface area contributed by atoms with E-state index in [4.69, 9.17) is 4.74 Å². The van der Waals surface area contributed by atoms with Crippen LogP contribution in [0.2, 0.25) is 0 Å². The van der Waals surface area contributed by atoms with Gasteiger partial charge in [0.15, 0.2) is 11.6 Å². The number of hydrogen-bond acceptors (Lipinski definition) is 1. The van der Waals surface area contributed by atoms with Crippen molar-refractivity contribution in [1.29, 1.82) is 0 Å². The van der Waals surface area contributed by atoms with Crippen molar-refractivity contribution in [2.24, 2.45) is 0 Å². The molecular formula is C26H22F4O. The number of fused-ring (bicyclic) bond motifs is 1. The van der Waals surface area contributed by atoms with Crippen molar-refractivity contribution in [3.63, 3.8) is 0 Å². The third kappa shape index (κ3) is 3.85. The minimum atomic E-state index is -1.15. The lowest BCUT2D eigenvalue weighted by atomic mass is 9.85. The molecule has 0 aliphatic heterocycles. The second kappa shape index (κ2) is 8.58. The van der Waals surface area contributed by atoms with Crippen molar-refractivity contribution in [2.75, 3.05) is 7.11 Å². The number of ether oxygens (including phenoxy) is 1. The molecule has 3 aromatic rings. The minimum absolute atomic E-state index is 0.00949. The number of hydrogen-bond donors (Lipinski definition) is 0. The third-order valence-electron chi connectivity index (χ3n) is 5.75. The summed E-state index contributed by atoms with van der Waals surface area (Å²) in [6, 6.07) is 11.0. The van der Waals surface area contributed by atoms with Gasteiger partial charge in [-0.25, -0.2) is 13.2 Å². The summed E-state index contributed by atoms with van der Waals surface area (Å²) in [6.07, 6.45) is 4.18. The summed E-state index contributed by atoms with van der Waals surface area (Å²) in [5, 5.41) is 0. The third-order valence-corrected chi connectivity index (χ3v) is 5.75. The van der Waals surface area contributed by atoms with E-state index < -0.39 is 17.5 Å². The van der Waals surface area contributed by atoms with Gasteiger partial charge in [-0.15, -0.1) is 0 Å². The maximum atomic E-state index is 15.3. The fraction of sp³-hybridized carbons (Fsp3) is 0.231. The van der Waals surface area contributed by atoms with Crippen molar-refractivity contribution >= 4 is 5.57 Å². The highest BCUT2D eigenvalue weighted by atomic mass is 19.2. The van der Waals surface area contributed by atoms with Crippen LogP contribution >= 0.6 is 0 Å². The van der Waals surface area contributed by atoms with Gasteiger partial charge in [0.1, 0.15) is 11.6 Å². The summed E-state index contributed by atoms with van der Waals surface area (Å²) in [7, 11) is 1.24. The molecule has 160 valence electrons. The Morgan fingerprint density at radius 1 is 0.839 bits per heavy atom. The van der Waals surface area contributed by atoms with Gasteiger partial charge in [-0.3, -0.25) is 0 Å². The smallest absolute Gasteiger partial charge is 0.201 e. The molecule has 1 nitrogen and oxygen atoms in total. The molecule has 0 radical (unpaired) electrons. The molecule has 0 amide bonds. The quantitative estimate of drug-likeness (QED) is 0.397. The van der Waals surface area contributed by atoms with Crippen LogP contribution in [0, 0.1) is 23.3 Å².